The fourth-order valence-corrected chi connectivity index (χ4v) is 2.13. The highest BCUT2D eigenvalue weighted by atomic mass is 127. The lowest BCUT2D eigenvalue weighted by molar-refractivity contribution is 0.414. The van der Waals surface area contributed by atoms with Gasteiger partial charge < -0.3 is 15.4 Å². The molecule has 0 bridgehead atoms. The average Bonchev–Trinajstić information content (AvgIpc) is 2.54. The van der Waals surface area contributed by atoms with Crippen molar-refractivity contribution in [3.05, 3.63) is 29.8 Å². The van der Waals surface area contributed by atoms with Crippen molar-refractivity contribution in [3.8, 4) is 5.75 Å². The standard InChI is InChI=1S/C17H29N3OS.HI/c1-17(2,22-5)13-20-16(18-3)19-11-7-9-14-8-6-10-15(12-14)21-4;/h6,8,10,12H,7,9,11,13H2,1-5H3,(H2,18,19,20);1H. The molecule has 132 valence electrons. The highest BCUT2D eigenvalue weighted by molar-refractivity contribution is 14.0. The smallest absolute Gasteiger partial charge is 0.191 e. The maximum Gasteiger partial charge on any atom is 0.191 e. The lowest BCUT2D eigenvalue weighted by atomic mass is 10.1. The van der Waals surface area contributed by atoms with Crippen LogP contribution in [0.3, 0.4) is 0 Å². The average molecular weight is 451 g/mol. The van der Waals surface area contributed by atoms with Crippen LogP contribution in [0.1, 0.15) is 25.8 Å². The second-order valence-corrected chi connectivity index (χ2v) is 7.28. The molecule has 0 heterocycles. The van der Waals surface area contributed by atoms with Gasteiger partial charge in [0, 0.05) is 24.9 Å². The van der Waals surface area contributed by atoms with Gasteiger partial charge in [0.05, 0.1) is 7.11 Å². The Kier molecular flexibility index (Phi) is 11.5. The van der Waals surface area contributed by atoms with Gasteiger partial charge in [0.15, 0.2) is 5.96 Å². The molecule has 4 nitrogen and oxygen atoms in total. The molecule has 0 saturated heterocycles. The molecule has 0 saturated carbocycles. The minimum Gasteiger partial charge on any atom is -0.497 e. The van der Waals surface area contributed by atoms with E-state index < -0.39 is 0 Å². The van der Waals surface area contributed by atoms with E-state index in [-0.39, 0.29) is 28.7 Å². The summed E-state index contributed by atoms with van der Waals surface area (Å²) in [7, 11) is 3.51. The summed E-state index contributed by atoms with van der Waals surface area (Å²) in [6.45, 7) is 6.24. The van der Waals surface area contributed by atoms with Crippen LogP contribution in [0.4, 0.5) is 0 Å². The van der Waals surface area contributed by atoms with E-state index in [1.807, 2.05) is 30.9 Å². The molecule has 0 aromatic heterocycles. The topological polar surface area (TPSA) is 45.7 Å². The molecular weight excluding hydrogens is 421 g/mol. The summed E-state index contributed by atoms with van der Waals surface area (Å²) in [6.07, 6.45) is 4.21. The second-order valence-electron chi connectivity index (χ2n) is 5.77. The zero-order valence-electron chi connectivity index (χ0n) is 14.8. The van der Waals surface area contributed by atoms with E-state index in [0.717, 1.165) is 37.6 Å². The fourth-order valence-electron chi connectivity index (χ4n) is 1.92. The number of hydrogen-bond donors (Lipinski definition) is 2. The van der Waals surface area contributed by atoms with Crippen molar-refractivity contribution in [2.75, 3.05) is 33.5 Å². The van der Waals surface area contributed by atoms with Gasteiger partial charge in [-0.1, -0.05) is 12.1 Å². The van der Waals surface area contributed by atoms with Crippen LogP contribution in [0.2, 0.25) is 0 Å². The summed E-state index contributed by atoms with van der Waals surface area (Å²) in [5.41, 5.74) is 1.30. The molecule has 0 radical (unpaired) electrons. The second kappa shape index (κ2) is 11.8. The summed E-state index contributed by atoms with van der Waals surface area (Å²) >= 11 is 1.85. The van der Waals surface area contributed by atoms with E-state index in [9.17, 15) is 0 Å². The van der Waals surface area contributed by atoms with Crippen molar-refractivity contribution in [1.82, 2.24) is 10.6 Å². The van der Waals surface area contributed by atoms with Crippen molar-refractivity contribution in [1.29, 1.82) is 0 Å². The van der Waals surface area contributed by atoms with Gasteiger partial charge in [0.2, 0.25) is 0 Å². The van der Waals surface area contributed by atoms with E-state index in [2.05, 4.69) is 47.9 Å². The molecule has 0 fully saturated rings. The number of nitrogens with one attached hydrogen (secondary N) is 2. The fraction of sp³-hybridized carbons (Fsp3) is 0.588. The maximum absolute atomic E-state index is 5.24. The molecule has 23 heavy (non-hydrogen) atoms. The number of nitrogens with zero attached hydrogens (tertiary/aromatic N) is 1. The zero-order valence-corrected chi connectivity index (χ0v) is 18.0. The van der Waals surface area contributed by atoms with E-state index in [4.69, 9.17) is 4.74 Å². The number of guanidine groups is 1. The summed E-state index contributed by atoms with van der Waals surface area (Å²) < 4.78 is 5.45. The first-order valence-electron chi connectivity index (χ1n) is 7.63. The Bertz CT molecular complexity index is 481. The Morgan fingerprint density at radius 1 is 1.30 bits per heavy atom. The van der Waals surface area contributed by atoms with Gasteiger partial charge in [0.1, 0.15) is 5.75 Å². The number of hydrogen-bond acceptors (Lipinski definition) is 3. The summed E-state index contributed by atoms with van der Waals surface area (Å²) in [6, 6.07) is 8.23. The summed E-state index contributed by atoms with van der Waals surface area (Å²) in [5.74, 6) is 1.79. The summed E-state index contributed by atoms with van der Waals surface area (Å²) in [4.78, 5) is 4.26. The highest BCUT2D eigenvalue weighted by Crippen LogP contribution is 2.19. The molecule has 0 unspecified atom stereocenters. The van der Waals surface area contributed by atoms with Gasteiger partial charge in [0.25, 0.3) is 0 Å². The Hall–Kier alpha value is -0.630. The molecule has 0 aliphatic heterocycles. The van der Waals surface area contributed by atoms with Crippen LogP contribution in [0.5, 0.6) is 5.75 Å². The number of thioether (sulfide) groups is 1. The molecule has 2 N–H and O–H groups in total. The first-order chi connectivity index (χ1) is 10.5. The number of aryl methyl sites for hydroxylation is 1. The Morgan fingerprint density at radius 2 is 2.04 bits per heavy atom. The van der Waals surface area contributed by atoms with Crippen LogP contribution in [0.15, 0.2) is 29.3 Å². The minimum absolute atomic E-state index is 0. The number of benzene rings is 1. The molecule has 0 amide bonds. The highest BCUT2D eigenvalue weighted by Gasteiger charge is 2.15. The van der Waals surface area contributed by atoms with Gasteiger partial charge in [-0.3, -0.25) is 4.99 Å². The SMILES string of the molecule is CN=C(NCCCc1cccc(OC)c1)NCC(C)(C)SC.I. The van der Waals surface area contributed by atoms with Gasteiger partial charge in [-0.15, -0.1) is 24.0 Å². The lowest BCUT2D eigenvalue weighted by Gasteiger charge is -2.23. The van der Waals surface area contributed by atoms with Crippen molar-refractivity contribution >= 4 is 41.7 Å². The molecule has 1 rings (SSSR count). The van der Waals surface area contributed by atoms with Crippen LogP contribution in [-0.4, -0.2) is 44.2 Å². The molecular formula is C17H30IN3OS. The quantitative estimate of drug-likeness (QED) is 0.275. The van der Waals surface area contributed by atoms with Crippen LogP contribution in [0.25, 0.3) is 0 Å². The van der Waals surface area contributed by atoms with Crippen molar-refractivity contribution < 1.29 is 4.74 Å². The zero-order chi connectivity index (χ0) is 16.4. The largest absolute Gasteiger partial charge is 0.497 e. The van der Waals surface area contributed by atoms with Crippen molar-refractivity contribution in [3.63, 3.8) is 0 Å². The lowest BCUT2D eigenvalue weighted by Crippen LogP contribution is -2.43. The molecule has 0 atom stereocenters. The molecule has 1 aromatic rings. The third-order valence-corrected chi connectivity index (χ3v) is 4.78. The summed E-state index contributed by atoms with van der Waals surface area (Å²) in [5, 5.41) is 6.74. The minimum atomic E-state index is 0. The van der Waals surface area contributed by atoms with Gasteiger partial charge in [-0.2, -0.15) is 11.8 Å². The van der Waals surface area contributed by atoms with Crippen LogP contribution in [-0.2, 0) is 6.42 Å². The van der Waals surface area contributed by atoms with Crippen molar-refractivity contribution in [2.45, 2.75) is 31.4 Å². The van der Waals surface area contributed by atoms with E-state index in [1.165, 1.54) is 5.56 Å². The van der Waals surface area contributed by atoms with Crippen LogP contribution in [0, 0.1) is 0 Å². The molecule has 0 aliphatic rings. The predicted octanol–water partition coefficient (Wildman–Crippen LogP) is 3.55. The van der Waals surface area contributed by atoms with E-state index in [0.29, 0.717) is 0 Å². The Balaban J connectivity index is 0.00000484. The number of halogens is 1. The monoisotopic (exact) mass is 451 g/mol. The molecule has 0 aliphatic carbocycles. The predicted molar refractivity (Wildman–Crippen MR) is 114 cm³/mol. The van der Waals surface area contributed by atoms with Crippen molar-refractivity contribution in [2.24, 2.45) is 4.99 Å². The van der Waals surface area contributed by atoms with Gasteiger partial charge in [-0.05, 0) is 50.6 Å². The third kappa shape index (κ3) is 9.30. The molecule has 6 heteroatoms. The number of methoxy groups -OCH3 is 1. The molecule has 0 spiro atoms. The molecule has 1 aromatic carbocycles. The van der Waals surface area contributed by atoms with Crippen LogP contribution < -0.4 is 15.4 Å². The Labute approximate surface area is 162 Å². The maximum atomic E-state index is 5.24. The normalized spacial score (nSPS) is 11.6. The van der Waals surface area contributed by atoms with Gasteiger partial charge >= 0.3 is 0 Å². The first kappa shape index (κ1) is 22.4. The van der Waals surface area contributed by atoms with E-state index >= 15 is 0 Å². The number of ether oxygens (including phenoxy) is 1. The number of aliphatic imine (C=N–C) groups is 1. The third-order valence-electron chi connectivity index (χ3n) is 3.53. The Morgan fingerprint density at radius 3 is 2.65 bits per heavy atom. The van der Waals surface area contributed by atoms with Crippen LogP contribution >= 0.6 is 35.7 Å². The van der Waals surface area contributed by atoms with E-state index in [1.54, 1.807) is 7.11 Å². The van der Waals surface area contributed by atoms with Gasteiger partial charge in [-0.25, -0.2) is 0 Å². The number of rotatable bonds is 8. The first-order valence-corrected chi connectivity index (χ1v) is 8.86.